The van der Waals surface area contributed by atoms with E-state index < -0.39 is 0 Å². The molecule has 2 N–H and O–H groups in total. The fourth-order valence-electron chi connectivity index (χ4n) is 2.66. The quantitative estimate of drug-likeness (QED) is 0.813. The predicted octanol–water partition coefficient (Wildman–Crippen LogP) is 2.37. The maximum absolute atomic E-state index is 12.6. The van der Waals surface area contributed by atoms with E-state index in [0.717, 1.165) is 6.42 Å². The van der Waals surface area contributed by atoms with Gasteiger partial charge in [-0.1, -0.05) is 30.1 Å². The van der Waals surface area contributed by atoms with Crippen molar-refractivity contribution in [3.63, 3.8) is 0 Å². The Balaban J connectivity index is 1.92. The van der Waals surface area contributed by atoms with E-state index in [2.05, 4.69) is 5.32 Å². The summed E-state index contributed by atoms with van der Waals surface area (Å²) in [6.45, 7) is 6.42. The molecule has 2 amide bonds. The zero-order valence-electron chi connectivity index (χ0n) is 14.4. The Morgan fingerprint density at radius 3 is 2.44 bits per heavy atom. The summed E-state index contributed by atoms with van der Waals surface area (Å²) in [6, 6.07) is 2.90. The van der Waals surface area contributed by atoms with E-state index in [9.17, 15) is 14.7 Å². The predicted molar refractivity (Wildman–Crippen MR) is 98.4 cm³/mol. The molecule has 6 nitrogen and oxygen atoms in total. The van der Waals surface area contributed by atoms with Crippen molar-refractivity contribution < 1.29 is 14.7 Å². The number of aromatic hydroxyl groups is 1. The van der Waals surface area contributed by atoms with Crippen LogP contribution in [-0.2, 0) is 4.79 Å². The Labute approximate surface area is 157 Å². The van der Waals surface area contributed by atoms with Crippen molar-refractivity contribution >= 4 is 35.0 Å². The van der Waals surface area contributed by atoms with Crippen LogP contribution in [-0.4, -0.2) is 65.5 Å². The molecule has 0 radical (unpaired) electrons. The van der Waals surface area contributed by atoms with Gasteiger partial charge in [0.15, 0.2) is 0 Å². The lowest BCUT2D eigenvalue weighted by molar-refractivity contribution is -0.123. The monoisotopic (exact) mass is 387 g/mol. The second-order valence-corrected chi connectivity index (χ2v) is 7.07. The number of phenols is 1. The highest BCUT2D eigenvalue weighted by atomic mass is 35.5. The number of halogens is 2. The summed E-state index contributed by atoms with van der Waals surface area (Å²) in [7, 11) is 0. The number of piperazine rings is 1. The van der Waals surface area contributed by atoms with Gasteiger partial charge in [0, 0.05) is 37.2 Å². The molecule has 0 aromatic heterocycles. The lowest BCUT2D eigenvalue weighted by Gasteiger charge is -2.34. The number of benzene rings is 1. The summed E-state index contributed by atoms with van der Waals surface area (Å²) in [5, 5.41) is 13.3. The van der Waals surface area contributed by atoms with Gasteiger partial charge in [-0.05, 0) is 25.5 Å². The van der Waals surface area contributed by atoms with Crippen molar-refractivity contribution in [2.24, 2.45) is 0 Å². The summed E-state index contributed by atoms with van der Waals surface area (Å²) in [4.78, 5) is 28.2. The maximum atomic E-state index is 12.6. The van der Waals surface area contributed by atoms with Crippen molar-refractivity contribution in [1.29, 1.82) is 0 Å². The molecule has 0 bridgehead atoms. The maximum Gasteiger partial charge on any atom is 0.259 e. The third-order valence-electron chi connectivity index (χ3n) is 4.29. The first-order chi connectivity index (χ1) is 11.8. The minimum Gasteiger partial charge on any atom is -0.507 e. The van der Waals surface area contributed by atoms with Gasteiger partial charge in [-0.25, -0.2) is 0 Å². The first-order valence-electron chi connectivity index (χ1n) is 8.30. The van der Waals surface area contributed by atoms with E-state index in [1.165, 1.54) is 12.1 Å². The number of phenolic OH excluding ortho intramolecular Hbond substituents is 1. The highest BCUT2D eigenvalue weighted by Gasteiger charge is 2.27. The number of rotatable bonds is 5. The van der Waals surface area contributed by atoms with E-state index in [4.69, 9.17) is 23.2 Å². The average Bonchev–Trinajstić information content (AvgIpc) is 2.54. The minimum absolute atomic E-state index is 0.00693. The third-order valence-corrected chi connectivity index (χ3v) is 4.81. The van der Waals surface area contributed by atoms with Crippen molar-refractivity contribution in [3.05, 3.63) is 27.7 Å². The summed E-state index contributed by atoms with van der Waals surface area (Å²) >= 11 is 11.9. The number of carbonyl (C=O) groups is 2. The molecule has 8 heteroatoms. The highest BCUT2D eigenvalue weighted by molar-refractivity contribution is 6.37. The molecule has 1 unspecified atom stereocenters. The topological polar surface area (TPSA) is 72.9 Å². The molecule has 0 aliphatic carbocycles. The van der Waals surface area contributed by atoms with Crippen molar-refractivity contribution in [1.82, 2.24) is 15.1 Å². The smallest absolute Gasteiger partial charge is 0.259 e. The van der Waals surface area contributed by atoms with Crippen LogP contribution in [0.3, 0.4) is 0 Å². The molecule has 0 saturated carbocycles. The van der Waals surface area contributed by atoms with Crippen LogP contribution in [0.4, 0.5) is 0 Å². The largest absolute Gasteiger partial charge is 0.507 e. The molecule has 1 aromatic carbocycles. The molecule has 1 aliphatic rings. The Morgan fingerprint density at radius 2 is 1.88 bits per heavy atom. The van der Waals surface area contributed by atoms with Gasteiger partial charge >= 0.3 is 0 Å². The lowest BCUT2D eigenvalue weighted by Crippen LogP contribution is -2.51. The van der Waals surface area contributed by atoms with Gasteiger partial charge in [-0.15, -0.1) is 0 Å². The Hall–Kier alpha value is -1.50. The van der Waals surface area contributed by atoms with Gasteiger partial charge < -0.3 is 15.3 Å². The standard InChI is InChI=1S/C17H23Cl2N3O3/c1-3-11(2)20-15(24)10-21-4-6-22(7-5-21)17(25)16-13(19)8-12(18)9-14(16)23/h8-9,11,23H,3-7,10H2,1-2H3,(H,20,24). The number of nitrogens with zero attached hydrogens (tertiary/aromatic N) is 2. The van der Waals surface area contributed by atoms with Crippen LogP contribution in [0.1, 0.15) is 30.6 Å². The number of carbonyl (C=O) groups excluding carboxylic acids is 2. The average molecular weight is 388 g/mol. The molecule has 138 valence electrons. The molecule has 1 aliphatic heterocycles. The molecular formula is C17H23Cl2N3O3. The van der Waals surface area contributed by atoms with Gasteiger partial charge in [-0.3, -0.25) is 14.5 Å². The van der Waals surface area contributed by atoms with Crippen LogP contribution in [0.15, 0.2) is 12.1 Å². The second kappa shape index (κ2) is 8.74. The second-order valence-electron chi connectivity index (χ2n) is 6.23. The van der Waals surface area contributed by atoms with Crippen LogP contribution in [0, 0.1) is 0 Å². The summed E-state index contributed by atoms with van der Waals surface area (Å²) in [6.07, 6.45) is 0.888. The summed E-state index contributed by atoms with van der Waals surface area (Å²) < 4.78 is 0. The van der Waals surface area contributed by atoms with E-state index in [0.29, 0.717) is 32.7 Å². The number of hydrogen-bond donors (Lipinski definition) is 2. The van der Waals surface area contributed by atoms with Crippen LogP contribution in [0.5, 0.6) is 5.75 Å². The van der Waals surface area contributed by atoms with Gasteiger partial charge in [0.25, 0.3) is 5.91 Å². The van der Waals surface area contributed by atoms with Crippen molar-refractivity contribution in [2.45, 2.75) is 26.3 Å². The minimum atomic E-state index is -0.331. The van der Waals surface area contributed by atoms with Crippen LogP contribution in [0.2, 0.25) is 10.0 Å². The first kappa shape index (κ1) is 19.8. The summed E-state index contributed by atoms with van der Waals surface area (Å²) in [5.41, 5.74) is 0.0639. The van der Waals surface area contributed by atoms with Gasteiger partial charge in [0.2, 0.25) is 5.91 Å². The van der Waals surface area contributed by atoms with Crippen molar-refractivity contribution in [3.8, 4) is 5.75 Å². The highest BCUT2D eigenvalue weighted by Crippen LogP contribution is 2.31. The zero-order chi connectivity index (χ0) is 18.6. The van der Waals surface area contributed by atoms with E-state index in [-0.39, 0.29) is 39.2 Å². The molecule has 25 heavy (non-hydrogen) atoms. The Bertz CT molecular complexity index is 623. The Morgan fingerprint density at radius 1 is 1.24 bits per heavy atom. The molecule has 1 atom stereocenters. The summed E-state index contributed by atoms with van der Waals surface area (Å²) in [5.74, 6) is -0.562. The SMILES string of the molecule is CCC(C)NC(=O)CN1CCN(C(=O)c2c(O)cc(Cl)cc2Cl)CC1. The molecule has 1 fully saturated rings. The van der Waals surface area contributed by atoms with Crippen molar-refractivity contribution in [2.75, 3.05) is 32.7 Å². The van der Waals surface area contributed by atoms with Crippen LogP contribution in [0.25, 0.3) is 0 Å². The molecule has 2 rings (SSSR count). The number of amides is 2. The van der Waals surface area contributed by atoms with E-state index in [1.54, 1.807) is 4.90 Å². The van der Waals surface area contributed by atoms with Gasteiger partial charge in [-0.2, -0.15) is 0 Å². The van der Waals surface area contributed by atoms with Gasteiger partial charge in [0.1, 0.15) is 5.75 Å². The van der Waals surface area contributed by atoms with Gasteiger partial charge in [0.05, 0.1) is 17.1 Å². The van der Waals surface area contributed by atoms with E-state index in [1.807, 2.05) is 18.7 Å². The molecule has 1 saturated heterocycles. The fraction of sp³-hybridized carbons (Fsp3) is 0.529. The first-order valence-corrected chi connectivity index (χ1v) is 9.06. The van der Waals surface area contributed by atoms with Crippen LogP contribution >= 0.6 is 23.2 Å². The number of hydrogen-bond acceptors (Lipinski definition) is 4. The zero-order valence-corrected chi connectivity index (χ0v) is 15.9. The third kappa shape index (κ3) is 5.23. The molecular weight excluding hydrogens is 365 g/mol. The van der Waals surface area contributed by atoms with Crippen LogP contribution < -0.4 is 5.32 Å². The van der Waals surface area contributed by atoms with E-state index >= 15 is 0 Å². The number of nitrogens with one attached hydrogen (secondary N) is 1. The Kier molecular flexibility index (Phi) is 6.93. The normalized spacial score (nSPS) is 16.6. The molecule has 1 heterocycles. The molecule has 1 aromatic rings. The lowest BCUT2D eigenvalue weighted by atomic mass is 10.1. The molecule has 0 spiro atoms. The fourth-order valence-corrected chi connectivity index (χ4v) is 3.23.